The van der Waals surface area contributed by atoms with E-state index in [1.165, 1.54) is 0 Å². The summed E-state index contributed by atoms with van der Waals surface area (Å²) in [7, 11) is 0. The number of hydrogen-bond donors (Lipinski definition) is 1. The van der Waals surface area contributed by atoms with E-state index in [-0.39, 0.29) is 23.7 Å². The van der Waals surface area contributed by atoms with Crippen molar-refractivity contribution < 1.29 is 19.4 Å². The average molecular weight is 357 g/mol. The second-order valence-electron chi connectivity index (χ2n) is 8.07. The highest BCUT2D eigenvalue weighted by Crippen LogP contribution is 2.39. The molecular weight excluding hydrogens is 330 g/mol. The van der Waals surface area contributed by atoms with Crippen molar-refractivity contribution in [2.45, 2.75) is 63.1 Å². The van der Waals surface area contributed by atoms with Crippen molar-refractivity contribution in [1.29, 1.82) is 0 Å². The molecule has 2 heterocycles. The van der Waals surface area contributed by atoms with Crippen LogP contribution in [0.2, 0.25) is 0 Å². The smallest absolute Gasteiger partial charge is 0.225 e. The first-order valence-electron chi connectivity index (χ1n) is 9.84. The Labute approximate surface area is 154 Å². The molecule has 0 bridgehead atoms. The van der Waals surface area contributed by atoms with Gasteiger partial charge < -0.3 is 14.7 Å². The first-order chi connectivity index (χ1) is 12.6. The van der Waals surface area contributed by atoms with Crippen LogP contribution in [0, 0.1) is 5.92 Å². The van der Waals surface area contributed by atoms with Gasteiger partial charge in [0.1, 0.15) is 11.4 Å². The predicted octanol–water partition coefficient (Wildman–Crippen LogP) is 2.95. The summed E-state index contributed by atoms with van der Waals surface area (Å²) in [5, 5.41) is 9.66. The van der Waals surface area contributed by atoms with E-state index in [4.69, 9.17) is 4.74 Å². The van der Waals surface area contributed by atoms with E-state index in [2.05, 4.69) is 0 Å². The fourth-order valence-corrected chi connectivity index (χ4v) is 4.69. The van der Waals surface area contributed by atoms with Crippen LogP contribution in [-0.4, -0.2) is 46.5 Å². The summed E-state index contributed by atoms with van der Waals surface area (Å²) in [6.07, 6.45) is 5.54. The Morgan fingerprint density at radius 1 is 1.12 bits per heavy atom. The summed E-state index contributed by atoms with van der Waals surface area (Å²) in [4.78, 5) is 27.4. The molecule has 5 heteroatoms. The number of ketones is 1. The number of likely N-dealkylation sites (tertiary alicyclic amines) is 1. The molecule has 2 fully saturated rings. The van der Waals surface area contributed by atoms with Crippen LogP contribution in [0.15, 0.2) is 24.3 Å². The molecule has 140 valence electrons. The molecule has 1 aromatic rings. The molecule has 1 saturated heterocycles. The number of carbonyl (C=O) groups excluding carboxylic acids is 2. The largest absolute Gasteiger partial charge is 0.486 e. The van der Waals surface area contributed by atoms with Crippen LogP contribution in [-0.2, 0) is 4.79 Å². The maximum atomic E-state index is 12.9. The van der Waals surface area contributed by atoms with Gasteiger partial charge in [-0.2, -0.15) is 0 Å². The molecule has 1 saturated carbocycles. The van der Waals surface area contributed by atoms with Gasteiger partial charge >= 0.3 is 0 Å². The first kappa shape index (κ1) is 17.5. The van der Waals surface area contributed by atoms with Gasteiger partial charge in [0, 0.05) is 25.4 Å². The number of rotatable bonds is 1. The van der Waals surface area contributed by atoms with E-state index >= 15 is 0 Å². The first-order valence-corrected chi connectivity index (χ1v) is 9.84. The van der Waals surface area contributed by atoms with Crippen LogP contribution in [0.1, 0.15) is 61.7 Å². The highest BCUT2D eigenvalue weighted by molar-refractivity contribution is 6.00. The third-order valence-electron chi connectivity index (χ3n) is 6.25. The number of para-hydroxylation sites is 1. The number of carbonyl (C=O) groups is 2. The van der Waals surface area contributed by atoms with Crippen molar-refractivity contribution in [3.63, 3.8) is 0 Å². The third-order valence-corrected chi connectivity index (χ3v) is 6.25. The number of aliphatic hydroxyl groups excluding tert-OH is 1. The Hall–Kier alpha value is -1.88. The van der Waals surface area contributed by atoms with Crippen molar-refractivity contribution in [3.05, 3.63) is 29.8 Å². The Morgan fingerprint density at radius 2 is 1.88 bits per heavy atom. The molecule has 2 aliphatic heterocycles. The van der Waals surface area contributed by atoms with Crippen LogP contribution in [0.25, 0.3) is 0 Å². The topological polar surface area (TPSA) is 66.8 Å². The Bertz CT molecular complexity index is 695. The lowest BCUT2D eigenvalue weighted by molar-refractivity contribution is -0.137. The van der Waals surface area contributed by atoms with Crippen LogP contribution in [0.3, 0.4) is 0 Å². The molecule has 1 aromatic carbocycles. The minimum absolute atomic E-state index is 0.0436. The third kappa shape index (κ3) is 3.37. The normalized spacial score (nSPS) is 31.9. The number of benzene rings is 1. The number of Topliss-reactive ketones (excluding diaryl/α,β-unsaturated/α-hetero) is 1. The molecule has 1 amide bonds. The van der Waals surface area contributed by atoms with Gasteiger partial charge in [0.25, 0.3) is 0 Å². The fraction of sp³-hybridized carbons (Fsp3) is 0.619. The number of hydrogen-bond acceptors (Lipinski definition) is 4. The van der Waals surface area contributed by atoms with Crippen LogP contribution in [0.5, 0.6) is 5.75 Å². The molecule has 5 nitrogen and oxygen atoms in total. The molecule has 1 unspecified atom stereocenters. The minimum atomic E-state index is -0.469. The van der Waals surface area contributed by atoms with Crippen LogP contribution < -0.4 is 4.74 Å². The maximum absolute atomic E-state index is 12.9. The molecule has 0 aromatic heterocycles. The summed E-state index contributed by atoms with van der Waals surface area (Å²) < 4.78 is 6.31. The van der Waals surface area contributed by atoms with Gasteiger partial charge in [-0.3, -0.25) is 9.59 Å². The van der Waals surface area contributed by atoms with E-state index in [1.54, 1.807) is 0 Å². The molecule has 0 radical (unpaired) electrons. The zero-order chi connectivity index (χ0) is 18.1. The van der Waals surface area contributed by atoms with Crippen molar-refractivity contribution in [2.75, 3.05) is 13.1 Å². The quantitative estimate of drug-likeness (QED) is 0.839. The lowest BCUT2D eigenvalue weighted by Crippen LogP contribution is -2.44. The molecule has 1 aliphatic carbocycles. The zero-order valence-electron chi connectivity index (χ0n) is 15.2. The van der Waals surface area contributed by atoms with E-state index in [9.17, 15) is 14.7 Å². The lowest BCUT2D eigenvalue weighted by Gasteiger charge is -2.37. The van der Waals surface area contributed by atoms with Gasteiger partial charge in [-0.15, -0.1) is 0 Å². The van der Waals surface area contributed by atoms with E-state index in [0.717, 1.165) is 45.1 Å². The predicted molar refractivity (Wildman–Crippen MR) is 97.1 cm³/mol. The van der Waals surface area contributed by atoms with E-state index in [1.807, 2.05) is 29.2 Å². The molecular formula is C21H27NO4. The van der Waals surface area contributed by atoms with E-state index in [0.29, 0.717) is 30.7 Å². The maximum Gasteiger partial charge on any atom is 0.225 e. The highest BCUT2D eigenvalue weighted by atomic mass is 16.5. The zero-order valence-corrected chi connectivity index (χ0v) is 15.2. The molecule has 3 aliphatic rings. The SMILES string of the molecule is O=C1CC2(CCCN(C(=O)C3CCC(O)CC3)CC2)Oc2ccccc21. The number of amides is 1. The van der Waals surface area contributed by atoms with Gasteiger partial charge in [-0.05, 0) is 50.7 Å². The second kappa shape index (κ2) is 7.03. The van der Waals surface area contributed by atoms with Crippen molar-refractivity contribution in [3.8, 4) is 5.75 Å². The second-order valence-corrected chi connectivity index (χ2v) is 8.07. The summed E-state index contributed by atoms with van der Waals surface area (Å²) in [5.74, 6) is 1.09. The van der Waals surface area contributed by atoms with Gasteiger partial charge in [-0.25, -0.2) is 0 Å². The molecule has 26 heavy (non-hydrogen) atoms. The Balaban J connectivity index is 1.44. The summed E-state index contributed by atoms with van der Waals surface area (Å²) in [5.41, 5.74) is 0.208. The van der Waals surface area contributed by atoms with Crippen LogP contribution in [0.4, 0.5) is 0 Å². The van der Waals surface area contributed by atoms with Gasteiger partial charge in [-0.1, -0.05) is 12.1 Å². The monoisotopic (exact) mass is 357 g/mol. The Morgan fingerprint density at radius 3 is 2.69 bits per heavy atom. The molecule has 1 N–H and O–H groups in total. The van der Waals surface area contributed by atoms with Crippen molar-refractivity contribution in [2.24, 2.45) is 5.92 Å². The molecule has 4 rings (SSSR count). The fourth-order valence-electron chi connectivity index (χ4n) is 4.69. The molecule has 1 atom stereocenters. The highest BCUT2D eigenvalue weighted by Gasteiger charge is 2.42. The van der Waals surface area contributed by atoms with Gasteiger partial charge in [0.05, 0.1) is 18.1 Å². The van der Waals surface area contributed by atoms with Crippen molar-refractivity contribution >= 4 is 11.7 Å². The average Bonchev–Trinajstić information content (AvgIpc) is 2.84. The van der Waals surface area contributed by atoms with E-state index < -0.39 is 5.60 Å². The summed E-state index contributed by atoms with van der Waals surface area (Å²) in [6, 6.07) is 7.46. The number of ether oxygens (including phenoxy) is 1. The number of nitrogens with zero attached hydrogens (tertiary/aromatic N) is 1. The molecule has 1 spiro atoms. The lowest BCUT2D eigenvalue weighted by atomic mass is 9.84. The van der Waals surface area contributed by atoms with Crippen molar-refractivity contribution in [1.82, 2.24) is 4.90 Å². The van der Waals surface area contributed by atoms with Gasteiger partial charge in [0.2, 0.25) is 5.91 Å². The Kier molecular flexibility index (Phi) is 4.74. The standard InChI is InChI=1S/C21H27NO4/c23-16-8-6-15(7-9-16)20(25)22-12-3-10-21(11-13-22)14-18(24)17-4-1-2-5-19(17)26-21/h1-2,4-5,15-16,23H,3,6-14H2. The minimum Gasteiger partial charge on any atom is -0.486 e. The number of fused-ring (bicyclic) bond motifs is 1. The van der Waals surface area contributed by atoms with Gasteiger partial charge in [0.15, 0.2) is 5.78 Å². The number of aliphatic hydroxyl groups is 1. The van der Waals surface area contributed by atoms with Crippen LogP contribution >= 0.6 is 0 Å². The summed E-state index contributed by atoms with van der Waals surface area (Å²) in [6.45, 7) is 1.38. The summed E-state index contributed by atoms with van der Waals surface area (Å²) >= 11 is 0.